The lowest BCUT2D eigenvalue weighted by Gasteiger charge is -2.34. The molecule has 2 aromatic rings. The minimum absolute atomic E-state index is 0.0894. The molecule has 6 nitrogen and oxygen atoms in total. The zero-order chi connectivity index (χ0) is 21.9. The summed E-state index contributed by atoms with van der Waals surface area (Å²) >= 11 is 0. The number of para-hydroxylation sites is 2. The fourth-order valence-electron chi connectivity index (χ4n) is 3.83. The van der Waals surface area contributed by atoms with Crippen LogP contribution in [-0.2, 0) is 10.0 Å². The van der Waals surface area contributed by atoms with Crippen molar-refractivity contribution in [3.05, 3.63) is 53.8 Å². The fraction of sp³-hybridized carbons (Fsp3) is 0.409. The number of anilines is 1. The van der Waals surface area contributed by atoms with Gasteiger partial charge in [-0.2, -0.15) is 4.31 Å². The summed E-state index contributed by atoms with van der Waals surface area (Å²) < 4.78 is 47.5. The number of nitrogens with zero attached hydrogens (tertiary/aromatic N) is 1. The smallest absolute Gasteiger partial charge is 0.258 e. The molecule has 1 aliphatic rings. The van der Waals surface area contributed by atoms with Gasteiger partial charge >= 0.3 is 0 Å². The minimum Gasteiger partial charge on any atom is -0.492 e. The maximum Gasteiger partial charge on any atom is 0.258 e. The molecule has 162 valence electrons. The van der Waals surface area contributed by atoms with Gasteiger partial charge < -0.3 is 10.1 Å². The molecule has 0 radical (unpaired) electrons. The van der Waals surface area contributed by atoms with Crippen molar-refractivity contribution in [2.75, 3.05) is 25.0 Å². The molecule has 2 atom stereocenters. The Morgan fingerprint density at radius 3 is 2.50 bits per heavy atom. The molecule has 8 heteroatoms. The Kier molecular flexibility index (Phi) is 6.77. The third-order valence-electron chi connectivity index (χ3n) is 5.09. The van der Waals surface area contributed by atoms with Crippen LogP contribution in [0.3, 0.4) is 0 Å². The summed E-state index contributed by atoms with van der Waals surface area (Å²) in [7, 11) is -3.83. The Hall–Kier alpha value is -2.45. The summed E-state index contributed by atoms with van der Waals surface area (Å²) in [4.78, 5) is 12.6. The second kappa shape index (κ2) is 9.14. The maximum absolute atomic E-state index is 14.4. The normalized spacial score (nSPS) is 20.0. The number of amides is 1. The van der Waals surface area contributed by atoms with E-state index in [1.165, 1.54) is 10.4 Å². The number of carbonyl (C=O) groups is 1. The van der Waals surface area contributed by atoms with Crippen molar-refractivity contribution in [3.8, 4) is 5.75 Å². The molecule has 0 aliphatic carbocycles. The highest BCUT2D eigenvalue weighted by Gasteiger charge is 2.32. The largest absolute Gasteiger partial charge is 0.492 e. The average Bonchev–Trinajstić information content (AvgIpc) is 2.69. The van der Waals surface area contributed by atoms with Gasteiger partial charge in [0.05, 0.1) is 22.8 Å². The molecule has 0 aromatic heterocycles. The van der Waals surface area contributed by atoms with Crippen LogP contribution in [0.25, 0.3) is 0 Å². The highest BCUT2D eigenvalue weighted by molar-refractivity contribution is 7.89. The first-order chi connectivity index (χ1) is 14.2. The number of piperidine rings is 1. The van der Waals surface area contributed by atoms with Crippen molar-refractivity contribution in [3.63, 3.8) is 0 Å². The van der Waals surface area contributed by atoms with E-state index in [0.717, 1.165) is 18.6 Å². The molecule has 3 rings (SSSR count). The van der Waals surface area contributed by atoms with Crippen LogP contribution in [0.1, 0.15) is 37.6 Å². The quantitative estimate of drug-likeness (QED) is 0.741. The second-order valence-electron chi connectivity index (χ2n) is 7.79. The van der Waals surface area contributed by atoms with Crippen LogP contribution in [0, 0.1) is 17.7 Å². The second-order valence-corrected chi connectivity index (χ2v) is 9.73. The van der Waals surface area contributed by atoms with E-state index in [4.69, 9.17) is 4.74 Å². The Morgan fingerprint density at radius 1 is 1.17 bits per heavy atom. The summed E-state index contributed by atoms with van der Waals surface area (Å²) in [5.41, 5.74) is 0.0520. The van der Waals surface area contributed by atoms with Crippen LogP contribution < -0.4 is 10.1 Å². The Labute approximate surface area is 177 Å². The molecule has 0 saturated carbocycles. The standard InChI is InChI=1S/C22H27FN2O4S/c1-4-29-21-8-6-5-7-20(21)24-22(26)18-12-17(9-10-19(18)23)30(27,28)25-13-15(2)11-16(3)14-25/h5-10,12,15-16H,4,11,13-14H2,1-3H3,(H,24,26). The summed E-state index contributed by atoms with van der Waals surface area (Å²) in [6.45, 7) is 7.06. The molecule has 1 heterocycles. The predicted octanol–water partition coefficient (Wildman–Crippen LogP) is 4.14. The number of hydrogen-bond donors (Lipinski definition) is 1. The zero-order valence-electron chi connectivity index (χ0n) is 17.4. The SMILES string of the molecule is CCOc1ccccc1NC(=O)c1cc(S(=O)(=O)N2CC(C)CC(C)C2)ccc1F. The number of halogens is 1. The molecule has 1 fully saturated rings. The third-order valence-corrected chi connectivity index (χ3v) is 6.92. The van der Waals surface area contributed by atoms with E-state index in [2.05, 4.69) is 5.32 Å². The Morgan fingerprint density at radius 2 is 1.83 bits per heavy atom. The molecule has 2 aromatic carbocycles. The van der Waals surface area contributed by atoms with Crippen molar-refractivity contribution in [2.24, 2.45) is 11.8 Å². The first kappa shape index (κ1) is 22.2. The van der Waals surface area contributed by atoms with Crippen molar-refractivity contribution in [2.45, 2.75) is 32.1 Å². The van der Waals surface area contributed by atoms with Crippen molar-refractivity contribution in [1.82, 2.24) is 4.31 Å². The van der Waals surface area contributed by atoms with Crippen LogP contribution in [0.4, 0.5) is 10.1 Å². The number of nitrogens with one attached hydrogen (secondary N) is 1. The molecule has 30 heavy (non-hydrogen) atoms. The predicted molar refractivity (Wildman–Crippen MR) is 114 cm³/mol. The zero-order valence-corrected chi connectivity index (χ0v) is 18.2. The van der Waals surface area contributed by atoms with Crippen LogP contribution in [0.2, 0.25) is 0 Å². The van der Waals surface area contributed by atoms with Gasteiger partial charge in [-0.1, -0.05) is 26.0 Å². The molecule has 1 aliphatic heterocycles. The van der Waals surface area contributed by atoms with E-state index in [1.54, 1.807) is 24.3 Å². The van der Waals surface area contributed by atoms with Gasteiger partial charge in [0.15, 0.2) is 0 Å². The number of ether oxygens (including phenoxy) is 1. The number of hydrogen-bond acceptors (Lipinski definition) is 4. The average molecular weight is 435 g/mol. The summed E-state index contributed by atoms with van der Waals surface area (Å²) in [5.74, 6) is -0.602. The molecule has 1 N–H and O–H groups in total. The van der Waals surface area contributed by atoms with Crippen LogP contribution in [0.15, 0.2) is 47.4 Å². The van der Waals surface area contributed by atoms with Crippen molar-refractivity contribution >= 4 is 21.6 Å². The number of sulfonamides is 1. The van der Waals surface area contributed by atoms with E-state index in [1.807, 2.05) is 20.8 Å². The van der Waals surface area contributed by atoms with E-state index in [9.17, 15) is 17.6 Å². The molecular weight excluding hydrogens is 407 g/mol. The van der Waals surface area contributed by atoms with Crippen LogP contribution in [0.5, 0.6) is 5.75 Å². The number of benzene rings is 2. The van der Waals surface area contributed by atoms with Gasteiger partial charge in [-0.3, -0.25) is 4.79 Å². The Balaban J connectivity index is 1.89. The first-order valence-corrected chi connectivity index (χ1v) is 11.5. The molecule has 1 amide bonds. The van der Waals surface area contributed by atoms with E-state index < -0.39 is 21.7 Å². The highest BCUT2D eigenvalue weighted by atomic mass is 32.2. The lowest BCUT2D eigenvalue weighted by atomic mass is 9.94. The van der Waals surface area contributed by atoms with Gasteiger partial charge in [0.2, 0.25) is 10.0 Å². The summed E-state index contributed by atoms with van der Waals surface area (Å²) in [5, 5.41) is 2.61. The topological polar surface area (TPSA) is 75.7 Å². The summed E-state index contributed by atoms with van der Waals surface area (Å²) in [6.07, 6.45) is 0.961. The van der Waals surface area contributed by atoms with Crippen molar-refractivity contribution in [1.29, 1.82) is 0 Å². The van der Waals surface area contributed by atoms with Gasteiger partial charge in [0.25, 0.3) is 5.91 Å². The molecule has 2 unspecified atom stereocenters. The number of carbonyl (C=O) groups excluding carboxylic acids is 1. The van der Waals surface area contributed by atoms with Crippen molar-refractivity contribution < 1.29 is 22.3 Å². The number of rotatable bonds is 6. The molecular formula is C22H27FN2O4S. The van der Waals surface area contributed by atoms with Gasteiger partial charge in [-0.15, -0.1) is 0 Å². The fourth-order valence-corrected chi connectivity index (χ4v) is 5.54. The minimum atomic E-state index is -3.83. The van der Waals surface area contributed by atoms with Gasteiger partial charge in [-0.25, -0.2) is 12.8 Å². The van der Waals surface area contributed by atoms with E-state index >= 15 is 0 Å². The molecule has 1 saturated heterocycles. The maximum atomic E-state index is 14.4. The van der Waals surface area contributed by atoms with Crippen LogP contribution >= 0.6 is 0 Å². The van der Waals surface area contributed by atoms with Gasteiger partial charge in [0, 0.05) is 13.1 Å². The van der Waals surface area contributed by atoms with Gasteiger partial charge in [0.1, 0.15) is 11.6 Å². The Bertz CT molecular complexity index is 1020. The van der Waals surface area contributed by atoms with Crippen LogP contribution in [-0.4, -0.2) is 38.3 Å². The first-order valence-electron chi connectivity index (χ1n) is 10.0. The lowest BCUT2D eigenvalue weighted by molar-refractivity contribution is 0.102. The lowest BCUT2D eigenvalue weighted by Crippen LogP contribution is -2.42. The monoisotopic (exact) mass is 434 g/mol. The van der Waals surface area contributed by atoms with Gasteiger partial charge in [-0.05, 0) is 55.5 Å². The molecule has 0 spiro atoms. The van der Waals surface area contributed by atoms with E-state index in [0.29, 0.717) is 31.1 Å². The highest BCUT2D eigenvalue weighted by Crippen LogP contribution is 2.28. The summed E-state index contributed by atoms with van der Waals surface area (Å²) in [6, 6.07) is 10.1. The third kappa shape index (κ3) is 4.82. The molecule has 0 bridgehead atoms. The van der Waals surface area contributed by atoms with E-state index in [-0.39, 0.29) is 22.3 Å².